The van der Waals surface area contributed by atoms with Crippen molar-refractivity contribution in [3.05, 3.63) is 48.0 Å². The van der Waals surface area contributed by atoms with Crippen LogP contribution in [0, 0.1) is 17.8 Å². The van der Waals surface area contributed by atoms with Crippen molar-refractivity contribution >= 4 is 27.6 Å². The number of esters is 2. The summed E-state index contributed by atoms with van der Waals surface area (Å²) < 4.78 is 50.3. The van der Waals surface area contributed by atoms with E-state index in [0.29, 0.717) is 36.5 Å². The standard InChI is InChI=1S/C27H33NO8S/c1-17(2)20-10-8-18(3)14-24(20)36-26(29)16-35-27(30)21-6-4-5-7-22(21)28-37(31,32)19-9-11-23-25(15-19)34-13-12-33-23/h4-7,9,11,15,17-18,20,24,28H,8,10,12-14,16H2,1-3H3. The van der Waals surface area contributed by atoms with Crippen LogP contribution in [0.1, 0.15) is 50.4 Å². The van der Waals surface area contributed by atoms with E-state index in [2.05, 4.69) is 25.5 Å². The van der Waals surface area contributed by atoms with Crippen molar-refractivity contribution in [1.29, 1.82) is 0 Å². The first kappa shape index (κ1) is 26.8. The zero-order valence-corrected chi connectivity index (χ0v) is 22.1. The molecule has 0 bridgehead atoms. The molecule has 0 amide bonds. The number of ether oxygens (including phenoxy) is 4. The molecule has 3 atom stereocenters. The van der Waals surface area contributed by atoms with Gasteiger partial charge in [0.15, 0.2) is 18.1 Å². The second-order valence-electron chi connectivity index (χ2n) is 9.89. The Morgan fingerprint density at radius 1 is 1.05 bits per heavy atom. The molecule has 1 aliphatic heterocycles. The Bertz CT molecular complexity index is 1240. The maximum atomic E-state index is 13.0. The van der Waals surface area contributed by atoms with E-state index in [1.54, 1.807) is 12.1 Å². The number of benzene rings is 2. The number of fused-ring (bicyclic) bond motifs is 1. The number of hydrogen-bond donors (Lipinski definition) is 1. The van der Waals surface area contributed by atoms with Gasteiger partial charge in [-0.3, -0.25) is 4.72 Å². The highest BCUT2D eigenvalue weighted by Gasteiger charge is 2.33. The summed E-state index contributed by atoms with van der Waals surface area (Å²) in [4.78, 5) is 25.3. The molecule has 4 rings (SSSR count). The van der Waals surface area contributed by atoms with Crippen LogP contribution in [0.25, 0.3) is 0 Å². The third-order valence-corrected chi connectivity index (χ3v) is 8.14. The average molecular weight is 532 g/mol. The van der Waals surface area contributed by atoms with E-state index in [1.807, 2.05) is 0 Å². The van der Waals surface area contributed by atoms with Crippen molar-refractivity contribution in [2.24, 2.45) is 17.8 Å². The first-order chi connectivity index (χ1) is 17.6. The van der Waals surface area contributed by atoms with Gasteiger partial charge in [-0.15, -0.1) is 0 Å². The third kappa shape index (κ3) is 6.54. The smallest absolute Gasteiger partial charge is 0.344 e. The second kappa shape index (κ2) is 11.4. The number of anilines is 1. The maximum absolute atomic E-state index is 13.0. The van der Waals surface area contributed by atoms with Gasteiger partial charge in [-0.25, -0.2) is 18.0 Å². The van der Waals surface area contributed by atoms with E-state index < -0.39 is 28.6 Å². The van der Waals surface area contributed by atoms with Gasteiger partial charge in [-0.05, 0) is 54.9 Å². The summed E-state index contributed by atoms with van der Waals surface area (Å²) in [5.74, 6) is 0.441. The van der Waals surface area contributed by atoms with Gasteiger partial charge in [-0.1, -0.05) is 39.3 Å². The topological polar surface area (TPSA) is 117 Å². The molecule has 2 aliphatic rings. The number of carbonyl (C=O) groups is 2. The van der Waals surface area contributed by atoms with Gasteiger partial charge >= 0.3 is 11.9 Å². The highest BCUT2D eigenvalue weighted by atomic mass is 32.2. The molecule has 3 unspecified atom stereocenters. The lowest BCUT2D eigenvalue weighted by atomic mass is 9.75. The lowest BCUT2D eigenvalue weighted by Crippen LogP contribution is -2.36. The zero-order valence-electron chi connectivity index (χ0n) is 21.3. The molecule has 10 heteroatoms. The second-order valence-corrected chi connectivity index (χ2v) is 11.6. The monoisotopic (exact) mass is 531 g/mol. The Morgan fingerprint density at radius 2 is 1.78 bits per heavy atom. The van der Waals surface area contributed by atoms with Crippen LogP contribution in [0.15, 0.2) is 47.4 Å². The minimum atomic E-state index is -4.06. The first-order valence-electron chi connectivity index (χ1n) is 12.5. The van der Waals surface area contributed by atoms with Crippen LogP contribution in [0.4, 0.5) is 5.69 Å². The van der Waals surface area contributed by atoms with Crippen LogP contribution < -0.4 is 14.2 Å². The van der Waals surface area contributed by atoms with E-state index in [0.717, 1.165) is 19.3 Å². The SMILES string of the molecule is CC1CCC(C(C)C)C(OC(=O)COC(=O)c2ccccc2NS(=O)(=O)c2ccc3c(c2)OCCO3)C1. The summed E-state index contributed by atoms with van der Waals surface area (Å²) in [6.45, 7) is 6.52. The van der Waals surface area contributed by atoms with Crippen molar-refractivity contribution < 1.29 is 37.0 Å². The highest BCUT2D eigenvalue weighted by Crippen LogP contribution is 2.36. The molecule has 0 spiro atoms. The van der Waals surface area contributed by atoms with Crippen LogP contribution in [0.5, 0.6) is 11.5 Å². The molecule has 9 nitrogen and oxygen atoms in total. The quantitative estimate of drug-likeness (QED) is 0.498. The average Bonchev–Trinajstić information content (AvgIpc) is 2.87. The molecule has 1 fully saturated rings. The predicted molar refractivity (Wildman–Crippen MR) is 136 cm³/mol. The van der Waals surface area contributed by atoms with Crippen molar-refractivity contribution in [3.8, 4) is 11.5 Å². The van der Waals surface area contributed by atoms with E-state index >= 15 is 0 Å². The van der Waals surface area contributed by atoms with Crippen molar-refractivity contribution in [1.82, 2.24) is 0 Å². The van der Waals surface area contributed by atoms with Gasteiger partial charge in [0.2, 0.25) is 0 Å². The highest BCUT2D eigenvalue weighted by molar-refractivity contribution is 7.92. The summed E-state index contributed by atoms with van der Waals surface area (Å²) in [6.07, 6.45) is 2.67. The number of sulfonamides is 1. The Labute approximate surface area is 217 Å². The maximum Gasteiger partial charge on any atom is 0.344 e. The zero-order chi connectivity index (χ0) is 26.6. The molecule has 0 radical (unpaired) electrons. The van der Waals surface area contributed by atoms with Crippen LogP contribution in [0.2, 0.25) is 0 Å². The van der Waals surface area contributed by atoms with Gasteiger partial charge in [-0.2, -0.15) is 0 Å². The number of nitrogens with one attached hydrogen (secondary N) is 1. The fourth-order valence-electron chi connectivity index (χ4n) is 4.80. The normalized spacial score (nSPS) is 21.2. The van der Waals surface area contributed by atoms with E-state index in [1.165, 1.54) is 30.3 Å². The van der Waals surface area contributed by atoms with Crippen LogP contribution in [-0.2, 0) is 24.3 Å². The summed E-state index contributed by atoms with van der Waals surface area (Å²) in [7, 11) is -4.06. The van der Waals surface area contributed by atoms with Crippen molar-refractivity contribution in [3.63, 3.8) is 0 Å². The molecule has 1 saturated carbocycles. The Balaban J connectivity index is 1.41. The molecule has 200 valence electrons. The number of para-hydroxylation sites is 1. The summed E-state index contributed by atoms with van der Waals surface area (Å²) in [6, 6.07) is 10.3. The number of carbonyl (C=O) groups excluding carboxylic acids is 2. The molecule has 1 N–H and O–H groups in total. The number of rotatable bonds is 8. The van der Waals surface area contributed by atoms with Gasteiger partial charge in [0, 0.05) is 6.07 Å². The molecular formula is C27H33NO8S. The minimum Gasteiger partial charge on any atom is -0.486 e. The fraction of sp³-hybridized carbons (Fsp3) is 0.481. The molecule has 2 aromatic carbocycles. The molecule has 1 aliphatic carbocycles. The van der Waals surface area contributed by atoms with Crippen LogP contribution in [0.3, 0.4) is 0 Å². The third-order valence-electron chi connectivity index (χ3n) is 6.78. The minimum absolute atomic E-state index is 0.0248. The Kier molecular flexibility index (Phi) is 8.26. The summed E-state index contributed by atoms with van der Waals surface area (Å²) in [5.41, 5.74) is -0.000465. The van der Waals surface area contributed by atoms with E-state index in [-0.39, 0.29) is 28.2 Å². The molecule has 0 aromatic heterocycles. The lowest BCUT2D eigenvalue weighted by Gasteiger charge is -2.36. The largest absolute Gasteiger partial charge is 0.486 e. The van der Waals surface area contributed by atoms with Crippen LogP contribution in [-0.4, -0.2) is 46.3 Å². The summed E-state index contributed by atoms with van der Waals surface area (Å²) >= 11 is 0. The van der Waals surface area contributed by atoms with Crippen molar-refractivity contribution in [2.75, 3.05) is 24.5 Å². The van der Waals surface area contributed by atoms with Crippen LogP contribution >= 0.6 is 0 Å². The van der Waals surface area contributed by atoms with Gasteiger partial charge < -0.3 is 18.9 Å². The fourth-order valence-corrected chi connectivity index (χ4v) is 5.89. The summed E-state index contributed by atoms with van der Waals surface area (Å²) in [5, 5.41) is 0. The predicted octanol–water partition coefficient (Wildman–Crippen LogP) is 4.42. The molecule has 2 aromatic rings. The first-order valence-corrected chi connectivity index (χ1v) is 14.0. The van der Waals surface area contributed by atoms with Gasteiger partial charge in [0.05, 0.1) is 16.1 Å². The van der Waals surface area contributed by atoms with E-state index in [4.69, 9.17) is 18.9 Å². The van der Waals surface area contributed by atoms with E-state index in [9.17, 15) is 18.0 Å². The van der Waals surface area contributed by atoms with Gasteiger partial charge in [0.25, 0.3) is 10.0 Å². The van der Waals surface area contributed by atoms with Gasteiger partial charge in [0.1, 0.15) is 19.3 Å². The number of hydrogen-bond acceptors (Lipinski definition) is 8. The van der Waals surface area contributed by atoms with Crippen molar-refractivity contribution in [2.45, 2.75) is 51.0 Å². The Hall–Kier alpha value is -3.27. The molecule has 1 heterocycles. The molecule has 37 heavy (non-hydrogen) atoms. The molecule has 0 saturated heterocycles. The lowest BCUT2D eigenvalue weighted by molar-refractivity contribution is -0.159. The Morgan fingerprint density at radius 3 is 2.54 bits per heavy atom. The molecular weight excluding hydrogens is 498 g/mol.